The minimum absolute atomic E-state index is 0.105. The minimum atomic E-state index is -0.827. The molecule has 0 aromatic carbocycles. The predicted molar refractivity (Wildman–Crippen MR) is 149 cm³/mol. The van der Waals surface area contributed by atoms with Crippen LogP contribution in [-0.4, -0.2) is 80.3 Å². The molecule has 12 atom stereocenters. The molecule has 43 heavy (non-hydrogen) atoms. The SMILES string of the molecule is CO[C@@H]1C[C@H](O[C@H]2CC[C@@]3(C)C(=C[C@H](OC(C)=O)[C@H]4C(=O)O[C@@H]5CO[C@]6(C)OC=C(CC[C@@H]43)[C@H]56)C2)O[C@H](C)[C@H]1OC(C)=O. The zero-order valence-electron chi connectivity index (χ0n) is 25.9. The second kappa shape index (κ2) is 11.5. The summed E-state index contributed by atoms with van der Waals surface area (Å²) in [7, 11) is 1.59. The molecule has 2 aliphatic carbocycles. The monoisotopic (exact) mass is 604 g/mol. The number of methoxy groups -OCH3 is 1. The quantitative estimate of drug-likeness (QED) is 0.259. The molecule has 0 N–H and O–H groups in total. The Morgan fingerprint density at radius 1 is 1.09 bits per heavy atom. The van der Waals surface area contributed by atoms with Crippen LogP contribution in [0.5, 0.6) is 0 Å². The summed E-state index contributed by atoms with van der Waals surface area (Å²) in [5.74, 6) is -2.88. The molecule has 0 amide bonds. The van der Waals surface area contributed by atoms with Gasteiger partial charge in [0.25, 0.3) is 0 Å². The van der Waals surface area contributed by atoms with E-state index in [4.69, 9.17) is 37.9 Å². The number of rotatable bonds is 5. The number of carbonyl (C=O) groups excluding carboxylic acids is 3. The number of hydrogen-bond donors (Lipinski definition) is 0. The van der Waals surface area contributed by atoms with Crippen LogP contribution in [0.1, 0.15) is 73.1 Å². The zero-order chi connectivity index (χ0) is 30.7. The minimum Gasteiger partial charge on any atom is -0.469 e. The number of carbonyl (C=O) groups is 3. The molecule has 0 bridgehead atoms. The smallest absolute Gasteiger partial charge is 0.313 e. The van der Waals surface area contributed by atoms with E-state index >= 15 is 0 Å². The molecule has 11 nitrogen and oxygen atoms in total. The van der Waals surface area contributed by atoms with Gasteiger partial charge in [0, 0.05) is 34.3 Å². The van der Waals surface area contributed by atoms with Gasteiger partial charge in [-0.15, -0.1) is 0 Å². The highest BCUT2D eigenvalue weighted by molar-refractivity contribution is 5.76. The van der Waals surface area contributed by atoms with Gasteiger partial charge in [-0.2, -0.15) is 0 Å². The van der Waals surface area contributed by atoms with Crippen LogP contribution < -0.4 is 0 Å². The molecule has 4 fully saturated rings. The highest BCUT2D eigenvalue weighted by Crippen LogP contribution is 2.57. The third-order valence-corrected chi connectivity index (χ3v) is 10.6. The van der Waals surface area contributed by atoms with E-state index in [0.717, 1.165) is 36.8 Å². The molecule has 0 unspecified atom stereocenters. The lowest BCUT2D eigenvalue weighted by Gasteiger charge is -2.52. The molecule has 4 heterocycles. The van der Waals surface area contributed by atoms with E-state index in [0.29, 0.717) is 12.8 Å². The van der Waals surface area contributed by atoms with Crippen LogP contribution >= 0.6 is 0 Å². The first-order chi connectivity index (χ1) is 20.4. The Hall–Kier alpha value is -2.47. The van der Waals surface area contributed by atoms with E-state index in [9.17, 15) is 14.4 Å². The lowest BCUT2D eigenvalue weighted by Crippen LogP contribution is -2.53. The molecular formula is C32H44O11. The van der Waals surface area contributed by atoms with E-state index in [1.807, 2.05) is 19.9 Å². The lowest BCUT2D eigenvalue weighted by atomic mass is 9.55. The molecule has 3 saturated heterocycles. The van der Waals surface area contributed by atoms with Gasteiger partial charge in [-0.05, 0) is 62.0 Å². The van der Waals surface area contributed by atoms with E-state index in [1.165, 1.54) is 13.8 Å². The van der Waals surface area contributed by atoms with Gasteiger partial charge in [0.2, 0.25) is 5.79 Å². The summed E-state index contributed by atoms with van der Waals surface area (Å²) in [5.41, 5.74) is 1.91. The van der Waals surface area contributed by atoms with Crippen LogP contribution in [-0.2, 0) is 52.3 Å². The van der Waals surface area contributed by atoms with Crippen LogP contribution in [0.4, 0.5) is 0 Å². The number of hydrogen-bond acceptors (Lipinski definition) is 11. The first-order valence-corrected chi connectivity index (χ1v) is 15.5. The number of ether oxygens (including phenoxy) is 8. The molecule has 6 aliphatic rings. The Kier molecular flexibility index (Phi) is 8.15. The van der Waals surface area contributed by atoms with Crippen molar-refractivity contribution in [3.05, 3.63) is 23.5 Å². The molecule has 4 aliphatic heterocycles. The Labute approximate surface area is 252 Å². The Morgan fingerprint density at radius 3 is 2.58 bits per heavy atom. The molecule has 1 saturated carbocycles. The van der Waals surface area contributed by atoms with Gasteiger partial charge in [0.15, 0.2) is 12.4 Å². The van der Waals surface area contributed by atoms with Crippen molar-refractivity contribution >= 4 is 17.9 Å². The molecule has 6 rings (SSSR count). The number of fused-ring (bicyclic) bond motifs is 3. The van der Waals surface area contributed by atoms with E-state index in [1.54, 1.807) is 13.4 Å². The molecule has 0 spiro atoms. The van der Waals surface area contributed by atoms with Gasteiger partial charge in [0.05, 0.1) is 31.0 Å². The fourth-order valence-corrected chi connectivity index (χ4v) is 8.50. The molecular weight excluding hydrogens is 560 g/mol. The average molecular weight is 605 g/mol. The van der Waals surface area contributed by atoms with E-state index < -0.39 is 48.4 Å². The van der Waals surface area contributed by atoms with Crippen molar-refractivity contribution in [3.8, 4) is 0 Å². The zero-order valence-corrected chi connectivity index (χ0v) is 25.9. The highest BCUT2D eigenvalue weighted by Gasteiger charge is 2.59. The van der Waals surface area contributed by atoms with Crippen molar-refractivity contribution in [3.63, 3.8) is 0 Å². The first kappa shape index (κ1) is 30.6. The number of esters is 3. The summed E-state index contributed by atoms with van der Waals surface area (Å²) in [6.07, 6.45) is 4.74. The summed E-state index contributed by atoms with van der Waals surface area (Å²) in [4.78, 5) is 37.8. The second-order valence-corrected chi connectivity index (χ2v) is 13.3. The van der Waals surface area contributed by atoms with Crippen LogP contribution in [0.25, 0.3) is 0 Å². The van der Waals surface area contributed by atoms with Gasteiger partial charge in [-0.1, -0.05) is 12.5 Å². The third kappa shape index (κ3) is 5.51. The fourth-order valence-electron chi connectivity index (χ4n) is 8.50. The molecule has 238 valence electrons. The van der Waals surface area contributed by atoms with Crippen LogP contribution in [0, 0.1) is 23.2 Å². The Bertz CT molecular complexity index is 1200. The highest BCUT2D eigenvalue weighted by atomic mass is 16.7. The van der Waals surface area contributed by atoms with Gasteiger partial charge in [-0.25, -0.2) is 0 Å². The molecule has 0 aromatic rings. The summed E-state index contributed by atoms with van der Waals surface area (Å²) in [5, 5.41) is 0. The average Bonchev–Trinajstić information content (AvgIpc) is 3.44. The van der Waals surface area contributed by atoms with Crippen LogP contribution in [0.2, 0.25) is 0 Å². The molecule has 11 heteroatoms. The summed E-state index contributed by atoms with van der Waals surface area (Å²) in [6, 6.07) is 0. The molecule has 0 radical (unpaired) electrons. The van der Waals surface area contributed by atoms with Gasteiger partial charge in [0.1, 0.15) is 24.2 Å². The Balaban J connectivity index is 1.23. The standard InChI is InChI=1S/C32H44O11/c1-16-29(41-18(3)34)24(36-6)13-26(39-16)42-21-9-10-31(4)20(11-21)12-23(40-17(2)33)27-22(31)8-7-19-14-37-32(5)28(19)25(15-38-32)43-30(27)35/h12,14,16,21-29H,7-11,13,15H2,1-6H3/t16-,21+,22+,23+,24-,25-,26+,27+,28-,29-,31+,32+/m1/s1. The largest absolute Gasteiger partial charge is 0.469 e. The van der Waals surface area contributed by atoms with Crippen molar-refractivity contribution in [1.82, 2.24) is 0 Å². The van der Waals surface area contributed by atoms with Crippen molar-refractivity contribution < 1.29 is 52.3 Å². The Morgan fingerprint density at radius 2 is 1.86 bits per heavy atom. The first-order valence-electron chi connectivity index (χ1n) is 15.5. The van der Waals surface area contributed by atoms with E-state index in [2.05, 4.69) is 6.92 Å². The van der Waals surface area contributed by atoms with Crippen molar-refractivity contribution in [2.24, 2.45) is 23.2 Å². The van der Waals surface area contributed by atoms with Gasteiger partial charge < -0.3 is 37.9 Å². The second-order valence-electron chi connectivity index (χ2n) is 13.3. The van der Waals surface area contributed by atoms with Crippen molar-refractivity contribution in [2.45, 2.75) is 122 Å². The summed E-state index contributed by atoms with van der Waals surface area (Å²) >= 11 is 0. The maximum absolute atomic E-state index is 13.9. The normalized spacial score (nSPS) is 45.4. The van der Waals surface area contributed by atoms with Crippen molar-refractivity contribution in [2.75, 3.05) is 13.7 Å². The fraction of sp³-hybridized carbons (Fsp3) is 0.781. The van der Waals surface area contributed by atoms with Gasteiger partial charge in [-0.3, -0.25) is 14.4 Å². The molecule has 0 aromatic heterocycles. The van der Waals surface area contributed by atoms with Gasteiger partial charge >= 0.3 is 17.9 Å². The summed E-state index contributed by atoms with van der Waals surface area (Å²) in [6.45, 7) is 8.98. The van der Waals surface area contributed by atoms with E-state index in [-0.39, 0.29) is 48.0 Å². The van der Waals surface area contributed by atoms with Crippen LogP contribution in [0.3, 0.4) is 0 Å². The lowest BCUT2D eigenvalue weighted by molar-refractivity contribution is -0.269. The predicted octanol–water partition coefficient (Wildman–Crippen LogP) is 3.73. The maximum atomic E-state index is 13.9. The van der Waals surface area contributed by atoms with Crippen molar-refractivity contribution in [1.29, 1.82) is 0 Å². The topological polar surface area (TPSA) is 125 Å². The maximum Gasteiger partial charge on any atom is 0.313 e. The summed E-state index contributed by atoms with van der Waals surface area (Å²) < 4.78 is 47.5. The van der Waals surface area contributed by atoms with Crippen LogP contribution in [0.15, 0.2) is 23.5 Å². The third-order valence-electron chi connectivity index (χ3n) is 10.6.